The highest BCUT2D eigenvalue weighted by Crippen LogP contribution is 2.44. The number of hydrogen-bond donors (Lipinski definition) is 2. The van der Waals surface area contributed by atoms with E-state index in [-0.39, 0.29) is 0 Å². The molecule has 0 atom stereocenters. The van der Waals surface area contributed by atoms with Crippen LogP contribution in [0.2, 0.25) is 0 Å². The largest absolute Gasteiger partial charge is 0.378 e. The molecular formula is C15H28N2O. The second-order valence-electron chi connectivity index (χ2n) is 6.33. The predicted octanol–water partition coefficient (Wildman–Crippen LogP) is 1.92. The lowest BCUT2D eigenvalue weighted by Gasteiger charge is -2.23. The normalized spacial score (nSPS) is 25.8. The Morgan fingerprint density at radius 2 is 1.67 bits per heavy atom. The van der Waals surface area contributed by atoms with Gasteiger partial charge in [0, 0.05) is 12.6 Å². The predicted molar refractivity (Wildman–Crippen MR) is 73.7 cm³/mol. The van der Waals surface area contributed by atoms with Crippen LogP contribution in [0.1, 0.15) is 44.9 Å². The zero-order valence-corrected chi connectivity index (χ0v) is 11.5. The molecule has 1 aliphatic heterocycles. The van der Waals surface area contributed by atoms with Crippen LogP contribution in [0.3, 0.4) is 0 Å². The van der Waals surface area contributed by atoms with Crippen LogP contribution < -0.4 is 10.6 Å². The Kier molecular flexibility index (Phi) is 4.55. The molecule has 3 aliphatic rings. The van der Waals surface area contributed by atoms with Crippen LogP contribution in [0.15, 0.2) is 0 Å². The monoisotopic (exact) mass is 252 g/mol. The summed E-state index contributed by atoms with van der Waals surface area (Å²) in [4.78, 5) is 0. The quantitative estimate of drug-likeness (QED) is 0.648. The smallest absolute Gasteiger partial charge is 0.0599 e. The van der Waals surface area contributed by atoms with Crippen LogP contribution in [-0.2, 0) is 4.74 Å². The zero-order chi connectivity index (χ0) is 12.2. The molecule has 0 radical (unpaired) electrons. The second-order valence-corrected chi connectivity index (χ2v) is 6.33. The van der Waals surface area contributed by atoms with E-state index in [9.17, 15) is 0 Å². The van der Waals surface area contributed by atoms with Crippen molar-refractivity contribution < 1.29 is 4.74 Å². The maximum Gasteiger partial charge on any atom is 0.0599 e. The van der Waals surface area contributed by atoms with Crippen LogP contribution >= 0.6 is 0 Å². The van der Waals surface area contributed by atoms with Gasteiger partial charge in [-0.3, -0.25) is 0 Å². The lowest BCUT2D eigenvalue weighted by Crippen LogP contribution is -2.35. The first-order chi connectivity index (χ1) is 8.93. The Bertz CT molecular complexity index is 233. The van der Waals surface area contributed by atoms with Crippen LogP contribution in [0, 0.1) is 11.8 Å². The molecule has 18 heavy (non-hydrogen) atoms. The maximum atomic E-state index is 5.94. The second kappa shape index (κ2) is 6.36. The van der Waals surface area contributed by atoms with Crippen LogP contribution in [0.25, 0.3) is 0 Å². The van der Waals surface area contributed by atoms with Crippen LogP contribution in [-0.4, -0.2) is 38.4 Å². The summed E-state index contributed by atoms with van der Waals surface area (Å²) in [5.41, 5.74) is 0. The van der Waals surface area contributed by atoms with Crippen molar-refractivity contribution in [3.8, 4) is 0 Å². The Balaban J connectivity index is 1.23. The molecule has 0 unspecified atom stereocenters. The topological polar surface area (TPSA) is 33.3 Å². The van der Waals surface area contributed by atoms with E-state index in [0.717, 1.165) is 44.1 Å². The lowest BCUT2D eigenvalue weighted by atomic mass is 10.1. The van der Waals surface area contributed by atoms with Gasteiger partial charge in [0.1, 0.15) is 0 Å². The van der Waals surface area contributed by atoms with E-state index in [1.54, 1.807) is 0 Å². The van der Waals surface area contributed by atoms with Crippen molar-refractivity contribution in [3.63, 3.8) is 0 Å². The van der Waals surface area contributed by atoms with Gasteiger partial charge in [-0.1, -0.05) is 0 Å². The summed E-state index contributed by atoms with van der Waals surface area (Å²) in [5.74, 6) is 2.03. The average Bonchev–Trinajstić information content (AvgIpc) is 3.29. The minimum Gasteiger partial charge on any atom is -0.378 e. The fourth-order valence-electron chi connectivity index (χ4n) is 3.18. The molecule has 1 saturated heterocycles. The molecule has 2 N–H and O–H groups in total. The molecule has 0 aromatic rings. The van der Waals surface area contributed by atoms with Crippen LogP contribution in [0.5, 0.6) is 0 Å². The zero-order valence-electron chi connectivity index (χ0n) is 11.5. The standard InChI is InChI=1S/C15H28N2O/c1(11-18-14-6-9-16-10-7-14)8-17-15(12-2-3-12)13-4-5-13/h12-17H,1-11H2. The molecule has 3 rings (SSSR count). The number of hydrogen-bond acceptors (Lipinski definition) is 3. The van der Waals surface area contributed by atoms with Gasteiger partial charge >= 0.3 is 0 Å². The summed E-state index contributed by atoms with van der Waals surface area (Å²) in [6.07, 6.45) is 9.98. The summed E-state index contributed by atoms with van der Waals surface area (Å²) in [6, 6.07) is 0.851. The Morgan fingerprint density at radius 1 is 1.00 bits per heavy atom. The maximum absolute atomic E-state index is 5.94. The molecule has 0 aromatic heterocycles. The van der Waals surface area contributed by atoms with Crippen molar-refractivity contribution in [2.45, 2.75) is 57.1 Å². The molecule has 2 aliphatic carbocycles. The SMILES string of the molecule is C(CNC(C1CC1)C1CC1)COC1CCNCC1. The third-order valence-electron chi connectivity index (χ3n) is 4.60. The minimum atomic E-state index is 0.522. The van der Waals surface area contributed by atoms with Gasteiger partial charge in [0.25, 0.3) is 0 Å². The molecule has 0 amide bonds. The van der Waals surface area contributed by atoms with Gasteiger partial charge < -0.3 is 15.4 Å². The van der Waals surface area contributed by atoms with E-state index in [1.165, 1.54) is 44.9 Å². The van der Waals surface area contributed by atoms with E-state index >= 15 is 0 Å². The van der Waals surface area contributed by atoms with Crippen molar-refractivity contribution in [2.75, 3.05) is 26.2 Å². The Hall–Kier alpha value is -0.120. The molecule has 2 saturated carbocycles. The summed E-state index contributed by atoms with van der Waals surface area (Å²) < 4.78 is 5.94. The third-order valence-corrected chi connectivity index (χ3v) is 4.60. The van der Waals surface area contributed by atoms with Crippen molar-refractivity contribution in [1.29, 1.82) is 0 Å². The van der Waals surface area contributed by atoms with Gasteiger partial charge in [-0.25, -0.2) is 0 Å². The van der Waals surface area contributed by atoms with Crippen molar-refractivity contribution in [1.82, 2.24) is 10.6 Å². The molecular weight excluding hydrogens is 224 g/mol. The van der Waals surface area contributed by atoms with E-state index < -0.39 is 0 Å². The highest BCUT2D eigenvalue weighted by Gasteiger charge is 2.40. The summed E-state index contributed by atoms with van der Waals surface area (Å²) >= 11 is 0. The highest BCUT2D eigenvalue weighted by atomic mass is 16.5. The Labute approximate surface area is 111 Å². The molecule has 0 aromatic carbocycles. The van der Waals surface area contributed by atoms with Gasteiger partial charge in [0.15, 0.2) is 0 Å². The summed E-state index contributed by atoms with van der Waals surface area (Å²) in [6.45, 7) is 4.37. The average molecular weight is 252 g/mol. The lowest BCUT2D eigenvalue weighted by molar-refractivity contribution is 0.0314. The highest BCUT2D eigenvalue weighted by molar-refractivity contribution is 4.96. The minimum absolute atomic E-state index is 0.522. The first-order valence-electron chi connectivity index (χ1n) is 7.99. The number of piperidine rings is 1. The van der Waals surface area contributed by atoms with Gasteiger partial charge in [0.2, 0.25) is 0 Å². The molecule has 3 nitrogen and oxygen atoms in total. The fourth-order valence-corrected chi connectivity index (χ4v) is 3.18. The summed E-state index contributed by atoms with van der Waals surface area (Å²) in [5, 5.41) is 7.17. The first-order valence-corrected chi connectivity index (χ1v) is 7.99. The molecule has 3 heteroatoms. The van der Waals surface area contributed by atoms with Gasteiger partial charge in [-0.2, -0.15) is 0 Å². The van der Waals surface area contributed by atoms with E-state index in [1.807, 2.05) is 0 Å². The van der Waals surface area contributed by atoms with Crippen molar-refractivity contribution in [2.24, 2.45) is 11.8 Å². The number of rotatable bonds is 8. The molecule has 0 spiro atoms. The van der Waals surface area contributed by atoms with E-state index in [0.29, 0.717) is 6.10 Å². The third kappa shape index (κ3) is 3.94. The molecule has 3 fully saturated rings. The van der Waals surface area contributed by atoms with E-state index in [2.05, 4.69) is 10.6 Å². The fraction of sp³-hybridized carbons (Fsp3) is 1.00. The number of ether oxygens (including phenoxy) is 1. The van der Waals surface area contributed by atoms with E-state index in [4.69, 9.17) is 4.74 Å². The summed E-state index contributed by atoms with van der Waals surface area (Å²) in [7, 11) is 0. The van der Waals surface area contributed by atoms with Gasteiger partial charge in [-0.05, 0) is 76.4 Å². The van der Waals surface area contributed by atoms with Gasteiger partial charge in [-0.15, -0.1) is 0 Å². The van der Waals surface area contributed by atoms with Crippen molar-refractivity contribution in [3.05, 3.63) is 0 Å². The molecule has 1 heterocycles. The van der Waals surface area contributed by atoms with Crippen molar-refractivity contribution >= 4 is 0 Å². The molecule has 104 valence electrons. The van der Waals surface area contributed by atoms with Gasteiger partial charge in [0.05, 0.1) is 6.10 Å². The Morgan fingerprint density at radius 3 is 2.28 bits per heavy atom. The van der Waals surface area contributed by atoms with Crippen LogP contribution in [0.4, 0.5) is 0 Å². The number of nitrogens with one attached hydrogen (secondary N) is 2. The first kappa shape index (κ1) is 12.9. The molecule has 0 bridgehead atoms.